The average molecular weight is 401 g/mol. The molecule has 2 aromatic heterocycles. The summed E-state index contributed by atoms with van der Waals surface area (Å²) in [6.07, 6.45) is 6.82. The van der Waals surface area contributed by atoms with Crippen LogP contribution in [0.4, 0.5) is 0 Å². The minimum Gasteiger partial charge on any atom is -0.361 e. The van der Waals surface area contributed by atoms with Gasteiger partial charge in [-0.15, -0.1) is 0 Å². The van der Waals surface area contributed by atoms with Crippen LogP contribution in [0, 0.1) is 0 Å². The number of hydrogen-bond donors (Lipinski definition) is 3. The molecule has 0 spiro atoms. The van der Waals surface area contributed by atoms with Gasteiger partial charge in [-0.05, 0) is 42.2 Å². The van der Waals surface area contributed by atoms with Crippen LogP contribution in [-0.2, 0) is 19.5 Å². The van der Waals surface area contributed by atoms with Crippen molar-refractivity contribution in [2.75, 3.05) is 13.1 Å². The second-order valence-corrected chi connectivity index (χ2v) is 7.20. The molecule has 30 heavy (non-hydrogen) atoms. The van der Waals surface area contributed by atoms with E-state index in [2.05, 4.69) is 82.4 Å². The molecule has 0 radical (unpaired) electrons. The minimum absolute atomic E-state index is 0.625. The molecular formula is C24H28N6. The Morgan fingerprint density at radius 2 is 1.83 bits per heavy atom. The molecule has 2 aromatic carbocycles. The Morgan fingerprint density at radius 3 is 2.67 bits per heavy atom. The highest BCUT2D eigenvalue weighted by Crippen LogP contribution is 2.17. The smallest absolute Gasteiger partial charge is 0.191 e. The summed E-state index contributed by atoms with van der Waals surface area (Å²) in [5, 5.41) is 12.4. The third kappa shape index (κ3) is 4.89. The van der Waals surface area contributed by atoms with Crippen LogP contribution in [0.1, 0.15) is 23.6 Å². The Kier molecular flexibility index (Phi) is 6.44. The van der Waals surface area contributed by atoms with E-state index < -0.39 is 0 Å². The topological polar surface area (TPSA) is 70.0 Å². The molecule has 0 unspecified atom stereocenters. The molecule has 6 heteroatoms. The number of fused-ring (bicyclic) bond motifs is 1. The average Bonchev–Trinajstić information content (AvgIpc) is 3.43. The summed E-state index contributed by atoms with van der Waals surface area (Å²) in [6.45, 7) is 5.11. The van der Waals surface area contributed by atoms with E-state index in [0.29, 0.717) is 6.54 Å². The molecule has 0 amide bonds. The van der Waals surface area contributed by atoms with Crippen LogP contribution >= 0.6 is 0 Å². The molecule has 4 rings (SSSR count). The second-order valence-electron chi connectivity index (χ2n) is 7.20. The van der Waals surface area contributed by atoms with Gasteiger partial charge in [-0.2, -0.15) is 5.10 Å². The number of aliphatic imine (C=N–C) groups is 1. The summed E-state index contributed by atoms with van der Waals surface area (Å²) in [7, 11) is 0. The maximum Gasteiger partial charge on any atom is 0.191 e. The van der Waals surface area contributed by atoms with Gasteiger partial charge in [-0.25, -0.2) is 4.99 Å². The van der Waals surface area contributed by atoms with Crippen molar-refractivity contribution in [3.63, 3.8) is 0 Å². The van der Waals surface area contributed by atoms with Crippen LogP contribution in [0.2, 0.25) is 0 Å². The van der Waals surface area contributed by atoms with Crippen molar-refractivity contribution in [1.82, 2.24) is 25.4 Å². The van der Waals surface area contributed by atoms with E-state index in [1.165, 1.54) is 27.6 Å². The molecule has 0 aliphatic heterocycles. The van der Waals surface area contributed by atoms with Crippen LogP contribution in [0.25, 0.3) is 10.9 Å². The van der Waals surface area contributed by atoms with E-state index in [4.69, 9.17) is 4.99 Å². The van der Waals surface area contributed by atoms with Gasteiger partial charge in [0.15, 0.2) is 5.96 Å². The van der Waals surface area contributed by atoms with Gasteiger partial charge < -0.3 is 15.6 Å². The Balaban J connectivity index is 1.39. The Hall–Kier alpha value is -3.54. The fourth-order valence-electron chi connectivity index (χ4n) is 3.59. The Bertz CT molecular complexity index is 1090. The van der Waals surface area contributed by atoms with Gasteiger partial charge in [0.05, 0.1) is 13.1 Å². The van der Waals surface area contributed by atoms with Crippen molar-refractivity contribution in [2.24, 2.45) is 4.99 Å². The van der Waals surface area contributed by atoms with Crippen LogP contribution in [0.5, 0.6) is 0 Å². The van der Waals surface area contributed by atoms with Crippen molar-refractivity contribution in [2.45, 2.75) is 26.4 Å². The fraction of sp³-hybridized carbons (Fsp3) is 0.250. The summed E-state index contributed by atoms with van der Waals surface area (Å²) in [5.41, 5.74) is 4.95. The molecule has 4 aromatic rings. The number of para-hydroxylation sites is 1. The minimum atomic E-state index is 0.625. The van der Waals surface area contributed by atoms with Crippen molar-refractivity contribution in [1.29, 1.82) is 0 Å². The number of nitrogens with zero attached hydrogens (tertiary/aromatic N) is 3. The summed E-state index contributed by atoms with van der Waals surface area (Å²) >= 11 is 0. The van der Waals surface area contributed by atoms with Crippen LogP contribution in [0.15, 0.2) is 78.2 Å². The molecular weight excluding hydrogens is 372 g/mol. The lowest BCUT2D eigenvalue weighted by molar-refractivity contribution is 0.680. The van der Waals surface area contributed by atoms with Gasteiger partial charge in [-0.3, -0.25) is 4.68 Å². The SMILES string of the molecule is CCNC(=NCc1ccccc1Cn1cccn1)NCCc1c[nH]c2ccccc12. The molecule has 0 saturated carbocycles. The first-order valence-corrected chi connectivity index (χ1v) is 10.4. The van der Waals surface area contributed by atoms with Crippen LogP contribution in [-0.4, -0.2) is 33.8 Å². The van der Waals surface area contributed by atoms with E-state index >= 15 is 0 Å². The second kappa shape index (κ2) is 9.78. The largest absolute Gasteiger partial charge is 0.361 e. The predicted octanol–water partition coefficient (Wildman–Crippen LogP) is 3.71. The third-order valence-corrected chi connectivity index (χ3v) is 5.12. The molecule has 0 aliphatic rings. The fourth-order valence-corrected chi connectivity index (χ4v) is 3.59. The quantitative estimate of drug-likeness (QED) is 0.312. The van der Waals surface area contributed by atoms with Gasteiger partial charge in [0.25, 0.3) is 0 Å². The van der Waals surface area contributed by atoms with Crippen molar-refractivity contribution in [3.8, 4) is 0 Å². The zero-order valence-electron chi connectivity index (χ0n) is 17.3. The van der Waals surface area contributed by atoms with E-state index in [1.807, 2.05) is 23.1 Å². The maximum absolute atomic E-state index is 4.81. The Morgan fingerprint density at radius 1 is 1.00 bits per heavy atom. The van der Waals surface area contributed by atoms with Gasteiger partial charge in [0.1, 0.15) is 0 Å². The number of aromatic nitrogens is 3. The highest BCUT2D eigenvalue weighted by atomic mass is 15.3. The molecule has 0 fully saturated rings. The molecule has 0 saturated heterocycles. The lowest BCUT2D eigenvalue weighted by atomic mass is 10.1. The standard InChI is InChI=1S/C24H28N6/c1-2-25-24(26-14-12-20-17-27-23-11-6-5-10-22(20)23)28-16-19-8-3-4-9-21(19)18-30-15-7-13-29-30/h3-11,13,15,17,27H,2,12,14,16,18H2,1H3,(H2,25,26,28). The van der Waals surface area contributed by atoms with E-state index in [-0.39, 0.29) is 0 Å². The Labute approximate surface area is 177 Å². The summed E-state index contributed by atoms with van der Waals surface area (Å²) in [5.74, 6) is 0.839. The molecule has 3 N–H and O–H groups in total. The monoisotopic (exact) mass is 400 g/mol. The number of benzene rings is 2. The normalized spacial score (nSPS) is 11.7. The molecule has 154 valence electrons. The highest BCUT2D eigenvalue weighted by Gasteiger charge is 2.05. The van der Waals surface area contributed by atoms with Crippen molar-refractivity contribution >= 4 is 16.9 Å². The first-order chi connectivity index (χ1) is 14.8. The van der Waals surface area contributed by atoms with Crippen LogP contribution < -0.4 is 10.6 Å². The molecule has 0 bridgehead atoms. The van der Waals surface area contributed by atoms with E-state index in [1.54, 1.807) is 0 Å². The van der Waals surface area contributed by atoms with Gasteiger partial charge in [-0.1, -0.05) is 42.5 Å². The third-order valence-electron chi connectivity index (χ3n) is 5.12. The predicted molar refractivity (Wildman–Crippen MR) is 123 cm³/mol. The number of H-pyrrole nitrogens is 1. The molecule has 2 heterocycles. The number of aromatic amines is 1. The molecule has 6 nitrogen and oxygen atoms in total. The molecule has 0 aliphatic carbocycles. The number of hydrogen-bond acceptors (Lipinski definition) is 2. The first kappa shape index (κ1) is 19.8. The summed E-state index contributed by atoms with van der Waals surface area (Å²) in [4.78, 5) is 8.15. The van der Waals surface area contributed by atoms with Crippen molar-refractivity contribution < 1.29 is 0 Å². The summed E-state index contributed by atoms with van der Waals surface area (Å²) < 4.78 is 1.94. The number of rotatable bonds is 8. The molecule has 0 atom stereocenters. The van der Waals surface area contributed by atoms with Gasteiger partial charge in [0, 0.05) is 42.6 Å². The van der Waals surface area contributed by atoms with Crippen molar-refractivity contribution in [3.05, 3.63) is 89.9 Å². The van der Waals surface area contributed by atoms with Crippen LogP contribution in [0.3, 0.4) is 0 Å². The zero-order chi connectivity index (χ0) is 20.6. The number of nitrogens with one attached hydrogen (secondary N) is 3. The maximum atomic E-state index is 4.81. The summed E-state index contributed by atoms with van der Waals surface area (Å²) in [6, 6.07) is 18.8. The van der Waals surface area contributed by atoms with E-state index in [0.717, 1.165) is 32.0 Å². The lowest BCUT2D eigenvalue weighted by Crippen LogP contribution is -2.38. The highest BCUT2D eigenvalue weighted by molar-refractivity contribution is 5.83. The van der Waals surface area contributed by atoms with Gasteiger partial charge >= 0.3 is 0 Å². The van der Waals surface area contributed by atoms with E-state index in [9.17, 15) is 0 Å². The lowest BCUT2D eigenvalue weighted by Gasteiger charge is -2.12. The zero-order valence-corrected chi connectivity index (χ0v) is 17.3. The van der Waals surface area contributed by atoms with Gasteiger partial charge in [0.2, 0.25) is 0 Å². The number of guanidine groups is 1. The first-order valence-electron chi connectivity index (χ1n) is 10.4.